The highest BCUT2D eigenvalue weighted by Gasteiger charge is 2.29. The van der Waals surface area contributed by atoms with Crippen LogP contribution < -0.4 is 10.5 Å². The van der Waals surface area contributed by atoms with E-state index in [2.05, 4.69) is 4.72 Å². The van der Waals surface area contributed by atoms with Crippen molar-refractivity contribution < 1.29 is 12.8 Å². The fourth-order valence-corrected chi connectivity index (χ4v) is 3.94. The van der Waals surface area contributed by atoms with Gasteiger partial charge >= 0.3 is 0 Å². The molecular formula is C11H14ClFN2O2S. The van der Waals surface area contributed by atoms with Crippen LogP contribution in [0.25, 0.3) is 0 Å². The molecule has 1 aromatic carbocycles. The van der Waals surface area contributed by atoms with Crippen LogP contribution in [0.3, 0.4) is 0 Å². The summed E-state index contributed by atoms with van der Waals surface area (Å²) in [5.74, 6) is -0.573. The number of sulfonamides is 1. The van der Waals surface area contributed by atoms with Gasteiger partial charge in [0.1, 0.15) is 10.7 Å². The molecule has 4 nitrogen and oxygen atoms in total. The van der Waals surface area contributed by atoms with Crippen LogP contribution >= 0.6 is 11.6 Å². The molecule has 0 bridgehead atoms. The van der Waals surface area contributed by atoms with Gasteiger partial charge < -0.3 is 5.73 Å². The Morgan fingerprint density at radius 1 is 1.39 bits per heavy atom. The Bertz CT molecular complexity index is 550. The van der Waals surface area contributed by atoms with E-state index in [0.717, 1.165) is 31.0 Å². The largest absolute Gasteiger partial charge is 0.326 e. The van der Waals surface area contributed by atoms with E-state index in [1.54, 1.807) is 0 Å². The second-order valence-electron chi connectivity index (χ2n) is 4.40. The third kappa shape index (κ3) is 2.83. The van der Waals surface area contributed by atoms with E-state index in [9.17, 15) is 12.8 Å². The van der Waals surface area contributed by atoms with Gasteiger partial charge in [0.05, 0.1) is 5.02 Å². The first-order chi connectivity index (χ1) is 8.40. The molecule has 1 aliphatic carbocycles. The van der Waals surface area contributed by atoms with Crippen molar-refractivity contribution in [2.45, 2.75) is 36.2 Å². The summed E-state index contributed by atoms with van der Waals surface area (Å²) in [6.45, 7) is 0. The van der Waals surface area contributed by atoms with Crippen LogP contribution in [-0.2, 0) is 10.0 Å². The van der Waals surface area contributed by atoms with E-state index < -0.39 is 15.8 Å². The lowest BCUT2D eigenvalue weighted by atomic mass is 10.2. The van der Waals surface area contributed by atoms with Crippen LogP contribution in [0.4, 0.5) is 4.39 Å². The van der Waals surface area contributed by atoms with Gasteiger partial charge in [-0.1, -0.05) is 18.0 Å². The van der Waals surface area contributed by atoms with E-state index in [1.807, 2.05) is 0 Å². The van der Waals surface area contributed by atoms with Crippen molar-refractivity contribution in [3.63, 3.8) is 0 Å². The standard InChI is InChI=1S/C11H14ClFN2O2S/c12-8-6-7(13)4-5-11(8)18(16,17)15-10-3-1-2-9(10)14/h4-6,9-10,15H,1-3,14H2. The molecule has 18 heavy (non-hydrogen) atoms. The zero-order chi connectivity index (χ0) is 13.3. The molecule has 0 spiro atoms. The van der Waals surface area contributed by atoms with Crippen LogP contribution in [0.15, 0.2) is 23.1 Å². The second-order valence-corrected chi connectivity index (χ2v) is 6.49. The van der Waals surface area contributed by atoms with Crippen molar-refractivity contribution in [3.05, 3.63) is 29.0 Å². The van der Waals surface area contributed by atoms with E-state index in [-0.39, 0.29) is 22.0 Å². The van der Waals surface area contributed by atoms with Crippen LogP contribution in [0, 0.1) is 5.82 Å². The number of halogens is 2. The zero-order valence-electron chi connectivity index (χ0n) is 9.57. The SMILES string of the molecule is NC1CCCC1NS(=O)(=O)c1ccc(F)cc1Cl. The number of nitrogens with one attached hydrogen (secondary N) is 1. The molecule has 1 aliphatic rings. The summed E-state index contributed by atoms with van der Waals surface area (Å²) in [5, 5.41) is -0.130. The summed E-state index contributed by atoms with van der Waals surface area (Å²) >= 11 is 5.75. The molecule has 0 aromatic heterocycles. The first-order valence-electron chi connectivity index (χ1n) is 5.63. The lowest BCUT2D eigenvalue weighted by Crippen LogP contribution is -2.43. The summed E-state index contributed by atoms with van der Waals surface area (Å²) in [4.78, 5) is -0.121. The monoisotopic (exact) mass is 292 g/mol. The summed E-state index contributed by atoms with van der Waals surface area (Å²) in [5.41, 5.74) is 5.81. The highest BCUT2D eigenvalue weighted by Crippen LogP contribution is 2.24. The maximum Gasteiger partial charge on any atom is 0.242 e. The number of hydrogen-bond donors (Lipinski definition) is 2. The van der Waals surface area contributed by atoms with Crippen molar-refractivity contribution >= 4 is 21.6 Å². The number of rotatable bonds is 3. The average Bonchev–Trinajstić information content (AvgIpc) is 2.63. The molecule has 0 heterocycles. The molecular weight excluding hydrogens is 279 g/mol. The number of benzene rings is 1. The van der Waals surface area contributed by atoms with Crippen molar-refractivity contribution in [1.29, 1.82) is 0 Å². The van der Waals surface area contributed by atoms with Crippen LogP contribution in [-0.4, -0.2) is 20.5 Å². The van der Waals surface area contributed by atoms with Gasteiger partial charge in [-0.25, -0.2) is 17.5 Å². The molecule has 7 heteroatoms. The first-order valence-corrected chi connectivity index (χ1v) is 7.49. The molecule has 2 rings (SSSR count). The molecule has 0 amide bonds. The molecule has 3 N–H and O–H groups in total. The van der Waals surface area contributed by atoms with Crippen molar-refractivity contribution in [3.8, 4) is 0 Å². The Balaban J connectivity index is 2.25. The topological polar surface area (TPSA) is 72.2 Å². The minimum atomic E-state index is -3.75. The Morgan fingerprint density at radius 3 is 2.67 bits per heavy atom. The average molecular weight is 293 g/mol. The summed E-state index contributed by atoms with van der Waals surface area (Å²) in [7, 11) is -3.75. The van der Waals surface area contributed by atoms with Gasteiger partial charge in [0.15, 0.2) is 0 Å². The van der Waals surface area contributed by atoms with Gasteiger partial charge in [0, 0.05) is 12.1 Å². The van der Waals surface area contributed by atoms with Gasteiger partial charge in [-0.2, -0.15) is 0 Å². The molecule has 1 aromatic rings. The third-order valence-corrected chi connectivity index (χ3v) is 5.03. The number of nitrogens with two attached hydrogens (primary N) is 1. The quantitative estimate of drug-likeness (QED) is 0.889. The lowest BCUT2D eigenvalue weighted by molar-refractivity contribution is 0.522. The van der Waals surface area contributed by atoms with Crippen molar-refractivity contribution in [1.82, 2.24) is 4.72 Å². The maximum absolute atomic E-state index is 12.9. The lowest BCUT2D eigenvalue weighted by Gasteiger charge is -2.17. The van der Waals surface area contributed by atoms with Gasteiger partial charge in [0.2, 0.25) is 10.0 Å². The molecule has 1 fully saturated rings. The maximum atomic E-state index is 12.9. The van der Waals surface area contributed by atoms with Gasteiger partial charge in [-0.15, -0.1) is 0 Å². The minimum Gasteiger partial charge on any atom is -0.326 e. The van der Waals surface area contributed by atoms with Gasteiger partial charge in [-0.3, -0.25) is 0 Å². The minimum absolute atomic E-state index is 0.121. The highest BCUT2D eigenvalue weighted by atomic mass is 35.5. The Labute approximate surface area is 110 Å². The normalized spacial score (nSPS) is 24.4. The predicted octanol–water partition coefficient (Wildman–Crippen LogP) is 1.64. The molecule has 100 valence electrons. The third-order valence-electron chi connectivity index (χ3n) is 3.06. The fraction of sp³-hybridized carbons (Fsp3) is 0.455. The molecule has 2 unspecified atom stereocenters. The van der Waals surface area contributed by atoms with E-state index in [0.29, 0.717) is 6.42 Å². The smallest absolute Gasteiger partial charge is 0.242 e. The van der Waals surface area contributed by atoms with Crippen molar-refractivity contribution in [2.24, 2.45) is 5.73 Å². The molecule has 0 radical (unpaired) electrons. The molecule has 2 atom stereocenters. The van der Waals surface area contributed by atoms with Gasteiger partial charge in [-0.05, 0) is 31.0 Å². The highest BCUT2D eigenvalue weighted by molar-refractivity contribution is 7.89. The second kappa shape index (κ2) is 5.13. The Morgan fingerprint density at radius 2 is 2.11 bits per heavy atom. The first kappa shape index (κ1) is 13.7. The van der Waals surface area contributed by atoms with Gasteiger partial charge in [0.25, 0.3) is 0 Å². The summed E-state index contributed by atoms with van der Waals surface area (Å²) in [6, 6.07) is 2.73. The Kier molecular flexibility index (Phi) is 3.91. The van der Waals surface area contributed by atoms with Crippen LogP contribution in [0.5, 0.6) is 0 Å². The van der Waals surface area contributed by atoms with Crippen molar-refractivity contribution in [2.75, 3.05) is 0 Å². The molecule has 1 saturated carbocycles. The molecule has 0 aliphatic heterocycles. The van der Waals surface area contributed by atoms with E-state index in [4.69, 9.17) is 17.3 Å². The predicted molar refractivity (Wildman–Crippen MR) is 67.3 cm³/mol. The Hall–Kier alpha value is -0.690. The fourth-order valence-electron chi connectivity index (χ4n) is 2.09. The number of hydrogen-bond acceptors (Lipinski definition) is 3. The zero-order valence-corrected chi connectivity index (χ0v) is 11.1. The van der Waals surface area contributed by atoms with Crippen LogP contribution in [0.1, 0.15) is 19.3 Å². The summed E-state index contributed by atoms with van der Waals surface area (Å²) < 4.78 is 39.6. The van der Waals surface area contributed by atoms with E-state index in [1.165, 1.54) is 0 Å². The summed E-state index contributed by atoms with van der Waals surface area (Å²) in [6.07, 6.45) is 2.40. The molecule has 0 saturated heterocycles. The van der Waals surface area contributed by atoms with Crippen LogP contribution in [0.2, 0.25) is 5.02 Å². The van der Waals surface area contributed by atoms with E-state index >= 15 is 0 Å².